The molecule has 0 saturated heterocycles. The van der Waals surface area contributed by atoms with Gasteiger partial charge in [0, 0.05) is 25.3 Å². The second-order valence-electron chi connectivity index (χ2n) is 5.56. The van der Waals surface area contributed by atoms with Crippen LogP contribution in [0.5, 0.6) is 0 Å². The van der Waals surface area contributed by atoms with E-state index in [0.29, 0.717) is 19.6 Å². The SMILES string of the molecule is C=CC(=O)OCCOCCC(OC1=CCCC1)OC1=CCCC1. The van der Waals surface area contributed by atoms with Crippen LogP contribution in [-0.4, -0.2) is 32.1 Å². The molecular formula is C18H26O5. The van der Waals surface area contributed by atoms with Gasteiger partial charge >= 0.3 is 5.97 Å². The highest BCUT2D eigenvalue weighted by atomic mass is 16.7. The standard InChI is InChI=1S/C18H26O5/c1-2-17(19)21-14-13-20-12-11-18(22-15-7-3-4-8-15)23-16-9-5-6-10-16/h2,7,9,18H,1,3-6,8,10-14H2. The number of ether oxygens (including phenoxy) is 4. The molecule has 2 rings (SSSR count). The van der Waals surface area contributed by atoms with Gasteiger partial charge in [0.15, 0.2) is 0 Å². The fourth-order valence-electron chi connectivity index (χ4n) is 2.52. The Morgan fingerprint density at radius 3 is 2.26 bits per heavy atom. The van der Waals surface area contributed by atoms with Crippen LogP contribution in [0.25, 0.3) is 0 Å². The van der Waals surface area contributed by atoms with Gasteiger partial charge in [0.05, 0.1) is 24.7 Å². The van der Waals surface area contributed by atoms with E-state index >= 15 is 0 Å². The highest BCUT2D eigenvalue weighted by Gasteiger charge is 2.18. The van der Waals surface area contributed by atoms with Gasteiger partial charge in [0.25, 0.3) is 0 Å². The first-order valence-electron chi connectivity index (χ1n) is 8.36. The van der Waals surface area contributed by atoms with E-state index in [1.807, 2.05) is 0 Å². The van der Waals surface area contributed by atoms with Gasteiger partial charge < -0.3 is 18.9 Å². The molecule has 0 heterocycles. The van der Waals surface area contributed by atoms with E-state index in [4.69, 9.17) is 18.9 Å². The first-order valence-corrected chi connectivity index (χ1v) is 8.36. The highest BCUT2D eigenvalue weighted by Crippen LogP contribution is 2.25. The molecule has 0 aromatic rings. The van der Waals surface area contributed by atoms with Crippen molar-refractivity contribution in [2.24, 2.45) is 0 Å². The molecule has 0 radical (unpaired) electrons. The van der Waals surface area contributed by atoms with E-state index in [9.17, 15) is 4.79 Å². The summed E-state index contributed by atoms with van der Waals surface area (Å²) >= 11 is 0. The Labute approximate surface area is 137 Å². The van der Waals surface area contributed by atoms with Crippen LogP contribution in [0, 0.1) is 0 Å². The van der Waals surface area contributed by atoms with E-state index in [2.05, 4.69) is 18.7 Å². The fraction of sp³-hybridized carbons (Fsp3) is 0.611. The Kier molecular flexibility index (Phi) is 7.73. The van der Waals surface area contributed by atoms with Crippen LogP contribution in [-0.2, 0) is 23.7 Å². The van der Waals surface area contributed by atoms with Crippen molar-refractivity contribution in [1.82, 2.24) is 0 Å². The molecule has 2 aliphatic rings. The molecule has 0 N–H and O–H groups in total. The second kappa shape index (κ2) is 10.1. The Morgan fingerprint density at radius 2 is 1.74 bits per heavy atom. The summed E-state index contributed by atoms with van der Waals surface area (Å²) in [4.78, 5) is 10.9. The van der Waals surface area contributed by atoms with E-state index in [1.165, 1.54) is 0 Å². The normalized spacial score (nSPS) is 16.9. The minimum Gasteiger partial charge on any atom is -0.460 e. The van der Waals surface area contributed by atoms with Gasteiger partial charge in [-0.3, -0.25) is 0 Å². The summed E-state index contributed by atoms with van der Waals surface area (Å²) in [5.74, 6) is 1.61. The number of carbonyl (C=O) groups excluding carboxylic acids is 1. The number of hydrogen-bond acceptors (Lipinski definition) is 5. The topological polar surface area (TPSA) is 54.0 Å². The maximum atomic E-state index is 10.9. The van der Waals surface area contributed by atoms with Crippen molar-refractivity contribution in [3.05, 3.63) is 36.3 Å². The number of carbonyl (C=O) groups is 1. The van der Waals surface area contributed by atoms with Crippen LogP contribution >= 0.6 is 0 Å². The third kappa shape index (κ3) is 6.91. The lowest BCUT2D eigenvalue weighted by atomic mass is 10.3. The first kappa shape index (κ1) is 17.6. The van der Waals surface area contributed by atoms with Gasteiger partial charge in [0.2, 0.25) is 6.29 Å². The smallest absolute Gasteiger partial charge is 0.330 e. The van der Waals surface area contributed by atoms with Crippen molar-refractivity contribution in [1.29, 1.82) is 0 Å². The molecule has 0 fully saturated rings. The van der Waals surface area contributed by atoms with E-state index in [-0.39, 0.29) is 12.9 Å². The van der Waals surface area contributed by atoms with Crippen molar-refractivity contribution < 1.29 is 23.7 Å². The predicted octanol–water partition coefficient (Wildman–Crippen LogP) is 3.62. The van der Waals surface area contributed by atoms with Gasteiger partial charge in [-0.05, 0) is 37.8 Å². The second-order valence-corrected chi connectivity index (χ2v) is 5.56. The molecule has 0 spiro atoms. The summed E-state index contributed by atoms with van der Waals surface area (Å²) in [6.07, 6.45) is 12.2. The molecule has 5 nitrogen and oxygen atoms in total. The third-order valence-corrected chi connectivity index (χ3v) is 3.70. The Hall–Kier alpha value is -1.75. The summed E-state index contributed by atoms with van der Waals surface area (Å²) in [5.41, 5.74) is 0. The minimum atomic E-state index is -0.431. The van der Waals surface area contributed by atoms with Crippen molar-refractivity contribution in [3.8, 4) is 0 Å². The average molecular weight is 322 g/mol. The molecule has 0 amide bonds. The lowest BCUT2D eigenvalue weighted by Crippen LogP contribution is -2.19. The Balaban J connectivity index is 1.66. The van der Waals surface area contributed by atoms with Crippen molar-refractivity contribution in [3.63, 3.8) is 0 Å². The molecule has 0 aliphatic heterocycles. The van der Waals surface area contributed by atoms with Crippen LogP contribution in [0.2, 0.25) is 0 Å². The monoisotopic (exact) mass is 322 g/mol. The largest absolute Gasteiger partial charge is 0.460 e. The molecule has 0 saturated carbocycles. The number of rotatable bonds is 11. The van der Waals surface area contributed by atoms with Gasteiger partial charge in [-0.1, -0.05) is 6.58 Å². The quantitative estimate of drug-likeness (QED) is 0.252. The molecule has 0 aromatic carbocycles. The van der Waals surface area contributed by atoms with E-state index in [0.717, 1.165) is 56.1 Å². The maximum Gasteiger partial charge on any atom is 0.330 e. The Bertz CT molecular complexity index is 426. The molecular weight excluding hydrogens is 296 g/mol. The van der Waals surface area contributed by atoms with Crippen molar-refractivity contribution >= 4 is 5.97 Å². The molecule has 23 heavy (non-hydrogen) atoms. The van der Waals surface area contributed by atoms with Crippen LogP contribution in [0.3, 0.4) is 0 Å². The van der Waals surface area contributed by atoms with E-state index < -0.39 is 5.97 Å². The zero-order valence-corrected chi connectivity index (χ0v) is 13.6. The molecule has 5 heteroatoms. The summed E-state index contributed by atoms with van der Waals surface area (Å²) < 4.78 is 22.2. The van der Waals surface area contributed by atoms with Crippen LogP contribution < -0.4 is 0 Å². The molecule has 0 bridgehead atoms. The van der Waals surface area contributed by atoms with Crippen LogP contribution in [0.1, 0.15) is 44.9 Å². The summed E-state index contributed by atoms with van der Waals surface area (Å²) in [5, 5.41) is 0. The van der Waals surface area contributed by atoms with Crippen molar-refractivity contribution in [2.45, 2.75) is 51.2 Å². The summed E-state index contributed by atoms with van der Waals surface area (Å²) in [7, 11) is 0. The lowest BCUT2D eigenvalue weighted by molar-refractivity contribution is -0.140. The van der Waals surface area contributed by atoms with Crippen LogP contribution in [0.4, 0.5) is 0 Å². The minimum absolute atomic E-state index is 0.230. The third-order valence-electron chi connectivity index (χ3n) is 3.70. The predicted molar refractivity (Wildman–Crippen MR) is 86.4 cm³/mol. The molecule has 0 aromatic heterocycles. The number of hydrogen-bond donors (Lipinski definition) is 0. The fourth-order valence-corrected chi connectivity index (χ4v) is 2.52. The van der Waals surface area contributed by atoms with Gasteiger partial charge in [0.1, 0.15) is 6.61 Å². The van der Waals surface area contributed by atoms with Gasteiger partial charge in [-0.25, -0.2) is 4.79 Å². The van der Waals surface area contributed by atoms with Crippen molar-refractivity contribution in [2.75, 3.05) is 19.8 Å². The number of allylic oxidation sites excluding steroid dienone is 4. The lowest BCUT2D eigenvalue weighted by Gasteiger charge is -2.22. The van der Waals surface area contributed by atoms with Gasteiger partial charge in [-0.15, -0.1) is 0 Å². The zero-order valence-electron chi connectivity index (χ0n) is 13.6. The van der Waals surface area contributed by atoms with Gasteiger partial charge in [-0.2, -0.15) is 0 Å². The number of esters is 1. The summed E-state index contributed by atoms with van der Waals surface area (Å²) in [6.45, 7) is 4.42. The Morgan fingerprint density at radius 1 is 1.09 bits per heavy atom. The van der Waals surface area contributed by atoms with E-state index in [1.54, 1.807) is 0 Å². The average Bonchev–Trinajstić information content (AvgIpc) is 3.24. The maximum absolute atomic E-state index is 10.9. The molecule has 128 valence electrons. The first-order chi connectivity index (χ1) is 11.3. The highest BCUT2D eigenvalue weighted by molar-refractivity contribution is 5.81. The van der Waals surface area contributed by atoms with Crippen LogP contribution in [0.15, 0.2) is 36.3 Å². The summed E-state index contributed by atoms with van der Waals surface area (Å²) in [6, 6.07) is 0. The molecule has 0 unspecified atom stereocenters. The zero-order chi connectivity index (χ0) is 16.3. The molecule has 0 atom stereocenters. The molecule has 2 aliphatic carbocycles.